The number of hydrogen-bond donors (Lipinski definition) is 1. The lowest BCUT2D eigenvalue weighted by molar-refractivity contribution is 0.185. The molecule has 1 aromatic carbocycles. The molecule has 0 bridgehead atoms. The van der Waals surface area contributed by atoms with Crippen molar-refractivity contribution in [1.29, 1.82) is 0 Å². The number of ether oxygens (including phenoxy) is 1. The third-order valence-electron chi connectivity index (χ3n) is 3.68. The van der Waals surface area contributed by atoms with E-state index in [2.05, 4.69) is 19.2 Å². The predicted octanol–water partition coefficient (Wildman–Crippen LogP) is 3.44. The molecule has 1 atom stereocenters. The molecule has 1 N–H and O–H groups in total. The molecule has 116 valence electrons. The smallest absolute Gasteiger partial charge is 0.321 e. The average Bonchev–Trinajstić information content (AvgIpc) is 2.49. The summed E-state index contributed by atoms with van der Waals surface area (Å²) in [5.41, 5.74) is 1.84. The van der Waals surface area contributed by atoms with E-state index in [0.29, 0.717) is 17.8 Å². The maximum Gasteiger partial charge on any atom is 0.321 e. The Hall–Kier alpha value is -1.20. The van der Waals surface area contributed by atoms with Gasteiger partial charge in [-0.05, 0) is 12.0 Å². The van der Waals surface area contributed by atoms with E-state index in [4.69, 9.17) is 4.74 Å². The Balaban J connectivity index is 2.01. The van der Waals surface area contributed by atoms with Gasteiger partial charge in [-0.3, -0.25) is 0 Å². The fourth-order valence-electron chi connectivity index (χ4n) is 2.38. The number of para-hydroxylation sites is 1. The molecule has 4 nitrogen and oxygen atoms in total. The second-order valence-corrected chi connectivity index (χ2v) is 6.97. The van der Waals surface area contributed by atoms with E-state index in [9.17, 15) is 4.79 Å². The highest BCUT2D eigenvalue weighted by Gasteiger charge is 2.26. The number of carbonyl (C=O) groups is 1. The van der Waals surface area contributed by atoms with Crippen molar-refractivity contribution in [3.8, 4) is 0 Å². The van der Waals surface area contributed by atoms with Crippen molar-refractivity contribution in [3.63, 3.8) is 0 Å². The van der Waals surface area contributed by atoms with Gasteiger partial charge >= 0.3 is 6.03 Å². The largest absolute Gasteiger partial charge is 0.380 e. The molecule has 1 aliphatic heterocycles. The number of anilines is 1. The van der Waals surface area contributed by atoms with Gasteiger partial charge in [0.15, 0.2) is 0 Å². The molecule has 2 rings (SSSR count). The van der Waals surface area contributed by atoms with Crippen molar-refractivity contribution in [3.05, 3.63) is 29.8 Å². The Morgan fingerprint density at radius 3 is 2.95 bits per heavy atom. The summed E-state index contributed by atoms with van der Waals surface area (Å²) in [6, 6.07) is 7.77. The second kappa shape index (κ2) is 7.71. The topological polar surface area (TPSA) is 41.6 Å². The molecule has 0 spiro atoms. The van der Waals surface area contributed by atoms with Crippen molar-refractivity contribution in [2.45, 2.75) is 25.7 Å². The van der Waals surface area contributed by atoms with E-state index in [-0.39, 0.29) is 6.03 Å². The minimum atomic E-state index is -0.00972. The van der Waals surface area contributed by atoms with Gasteiger partial charge in [-0.2, -0.15) is 11.8 Å². The van der Waals surface area contributed by atoms with Gasteiger partial charge in [0, 0.05) is 42.5 Å². The summed E-state index contributed by atoms with van der Waals surface area (Å²) in [4.78, 5) is 14.4. The van der Waals surface area contributed by atoms with E-state index < -0.39 is 0 Å². The number of thioether (sulfide) groups is 1. The number of hydrogen-bond acceptors (Lipinski definition) is 3. The molecule has 1 saturated heterocycles. The van der Waals surface area contributed by atoms with Gasteiger partial charge < -0.3 is 15.0 Å². The molecule has 1 aliphatic rings. The molecule has 0 aromatic heterocycles. The fraction of sp³-hybridized carbons (Fsp3) is 0.562. The first-order valence-corrected chi connectivity index (χ1v) is 8.41. The van der Waals surface area contributed by atoms with Gasteiger partial charge in [0.05, 0.1) is 6.61 Å². The van der Waals surface area contributed by atoms with Crippen LogP contribution in [0.1, 0.15) is 19.4 Å². The number of nitrogens with zero attached hydrogens (tertiary/aromatic N) is 1. The highest BCUT2D eigenvalue weighted by Crippen LogP contribution is 2.25. The molecule has 21 heavy (non-hydrogen) atoms. The van der Waals surface area contributed by atoms with E-state index in [1.165, 1.54) is 0 Å². The number of nitrogens with one attached hydrogen (secondary N) is 1. The molecule has 1 fully saturated rings. The van der Waals surface area contributed by atoms with Crippen LogP contribution in [0.25, 0.3) is 0 Å². The molecule has 1 heterocycles. The summed E-state index contributed by atoms with van der Waals surface area (Å²) >= 11 is 1.97. The van der Waals surface area contributed by atoms with Crippen molar-refractivity contribution < 1.29 is 9.53 Å². The predicted molar refractivity (Wildman–Crippen MR) is 88.8 cm³/mol. The Morgan fingerprint density at radius 1 is 1.48 bits per heavy atom. The van der Waals surface area contributed by atoms with Crippen molar-refractivity contribution >= 4 is 23.5 Å². The SMILES string of the molecule is COCc1ccccc1NC(=O)N1CCS[C@H](C(C)C)C1. The van der Waals surface area contributed by atoms with Gasteiger partial charge in [0.25, 0.3) is 0 Å². The number of rotatable bonds is 4. The Labute approximate surface area is 131 Å². The van der Waals surface area contributed by atoms with Crippen LogP contribution in [0.2, 0.25) is 0 Å². The highest BCUT2D eigenvalue weighted by molar-refractivity contribution is 8.00. The molecule has 0 aliphatic carbocycles. The van der Waals surface area contributed by atoms with Crippen LogP contribution < -0.4 is 5.32 Å². The van der Waals surface area contributed by atoms with Crippen LogP contribution in [0.3, 0.4) is 0 Å². The first kappa shape index (κ1) is 16.2. The van der Waals surface area contributed by atoms with Crippen molar-refractivity contribution in [1.82, 2.24) is 4.90 Å². The molecule has 0 radical (unpaired) electrons. The lowest BCUT2D eigenvalue weighted by Crippen LogP contribution is -2.45. The third-order valence-corrected chi connectivity index (χ3v) is 5.22. The maximum absolute atomic E-state index is 12.5. The van der Waals surface area contributed by atoms with Crippen molar-refractivity contribution in [2.75, 3.05) is 31.3 Å². The van der Waals surface area contributed by atoms with E-state index in [1.54, 1.807) is 7.11 Å². The molecular formula is C16H24N2O2S. The number of amides is 2. The van der Waals surface area contributed by atoms with Gasteiger partial charge in [-0.15, -0.1) is 0 Å². The molecule has 0 unspecified atom stereocenters. The zero-order valence-electron chi connectivity index (χ0n) is 13.0. The number of benzene rings is 1. The zero-order chi connectivity index (χ0) is 15.2. The summed E-state index contributed by atoms with van der Waals surface area (Å²) in [5, 5.41) is 3.55. The van der Waals surface area contributed by atoms with E-state index in [1.807, 2.05) is 40.9 Å². The summed E-state index contributed by atoms with van der Waals surface area (Å²) in [7, 11) is 1.66. The van der Waals surface area contributed by atoms with Gasteiger partial charge in [-0.25, -0.2) is 4.79 Å². The Kier molecular flexibility index (Phi) is 5.94. The second-order valence-electron chi connectivity index (χ2n) is 5.62. The van der Waals surface area contributed by atoms with Gasteiger partial charge in [-0.1, -0.05) is 32.0 Å². The Bertz CT molecular complexity index is 479. The molecule has 0 saturated carbocycles. The van der Waals surface area contributed by atoms with Gasteiger partial charge in [0.1, 0.15) is 0 Å². The fourth-order valence-corrected chi connectivity index (χ4v) is 3.68. The van der Waals surface area contributed by atoms with Crippen LogP contribution in [0, 0.1) is 5.92 Å². The van der Waals surface area contributed by atoms with Crippen LogP contribution in [-0.2, 0) is 11.3 Å². The monoisotopic (exact) mass is 308 g/mol. The maximum atomic E-state index is 12.5. The van der Waals surface area contributed by atoms with Crippen LogP contribution in [0.4, 0.5) is 10.5 Å². The zero-order valence-corrected chi connectivity index (χ0v) is 13.8. The van der Waals surface area contributed by atoms with Gasteiger partial charge in [0.2, 0.25) is 0 Å². The number of carbonyl (C=O) groups excluding carboxylic acids is 1. The minimum absolute atomic E-state index is 0.00972. The number of urea groups is 1. The summed E-state index contributed by atoms with van der Waals surface area (Å²) in [6.45, 7) is 6.56. The lowest BCUT2D eigenvalue weighted by Gasteiger charge is -2.34. The molecular weight excluding hydrogens is 284 g/mol. The van der Waals surface area contributed by atoms with Crippen LogP contribution in [0.5, 0.6) is 0 Å². The quantitative estimate of drug-likeness (QED) is 0.926. The average molecular weight is 308 g/mol. The molecule has 2 amide bonds. The van der Waals surface area contributed by atoms with Crippen LogP contribution in [0.15, 0.2) is 24.3 Å². The van der Waals surface area contributed by atoms with E-state index in [0.717, 1.165) is 30.1 Å². The van der Waals surface area contributed by atoms with Crippen LogP contribution in [-0.4, -0.2) is 42.1 Å². The first-order chi connectivity index (χ1) is 10.1. The molecule has 1 aromatic rings. The normalized spacial score (nSPS) is 18.9. The summed E-state index contributed by atoms with van der Waals surface area (Å²) in [6.07, 6.45) is 0. The van der Waals surface area contributed by atoms with E-state index >= 15 is 0 Å². The highest BCUT2D eigenvalue weighted by atomic mass is 32.2. The Morgan fingerprint density at radius 2 is 2.24 bits per heavy atom. The standard InChI is InChI=1S/C16H24N2O2S/c1-12(2)15-10-18(8-9-21-15)16(19)17-14-7-5-4-6-13(14)11-20-3/h4-7,12,15H,8-11H2,1-3H3,(H,17,19)/t15-/m0/s1. The van der Waals surface area contributed by atoms with Crippen molar-refractivity contribution in [2.24, 2.45) is 5.92 Å². The minimum Gasteiger partial charge on any atom is -0.380 e. The van der Waals surface area contributed by atoms with Crippen LogP contribution >= 0.6 is 11.8 Å². The summed E-state index contributed by atoms with van der Waals surface area (Å²) < 4.78 is 5.18. The molecule has 5 heteroatoms. The summed E-state index contributed by atoms with van der Waals surface area (Å²) in [5.74, 6) is 1.60. The number of methoxy groups -OCH3 is 1. The lowest BCUT2D eigenvalue weighted by atomic mass is 10.1. The third kappa shape index (κ3) is 4.38. The first-order valence-electron chi connectivity index (χ1n) is 7.36.